The molecular formula is C13H20BrNOS. The van der Waals surface area contributed by atoms with Crippen molar-refractivity contribution in [2.45, 2.75) is 37.3 Å². The summed E-state index contributed by atoms with van der Waals surface area (Å²) in [5.41, 5.74) is 0.0588. The van der Waals surface area contributed by atoms with Crippen molar-refractivity contribution in [3.8, 4) is 0 Å². The summed E-state index contributed by atoms with van der Waals surface area (Å²) in [4.78, 5) is 1.18. The Morgan fingerprint density at radius 1 is 1.29 bits per heavy atom. The summed E-state index contributed by atoms with van der Waals surface area (Å²) >= 11 is 5.08. The molecular weight excluding hydrogens is 298 g/mol. The predicted octanol–water partition coefficient (Wildman–Crippen LogP) is 3.29. The molecule has 0 aliphatic heterocycles. The highest BCUT2D eigenvalue weighted by Crippen LogP contribution is 2.21. The Balaban J connectivity index is 2.28. The van der Waals surface area contributed by atoms with E-state index in [1.54, 1.807) is 11.8 Å². The summed E-state index contributed by atoms with van der Waals surface area (Å²) in [6.07, 6.45) is -0.317. The second-order valence-electron chi connectivity index (χ2n) is 5.05. The lowest BCUT2D eigenvalue weighted by Gasteiger charge is -2.22. The van der Waals surface area contributed by atoms with Crippen LogP contribution in [0.4, 0.5) is 0 Å². The molecule has 4 heteroatoms. The predicted molar refractivity (Wildman–Crippen MR) is 78.6 cm³/mol. The Morgan fingerprint density at radius 2 is 1.88 bits per heavy atom. The lowest BCUT2D eigenvalue weighted by Crippen LogP contribution is -2.41. The molecule has 0 saturated carbocycles. The molecule has 2 nitrogen and oxygen atoms in total. The molecule has 0 aliphatic carbocycles. The van der Waals surface area contributed by atoms with Crippen molar-refractivity contribution in [1.82, 2.24) is 5.32 Å². The van der Waals surface area contributed by atoms with Crippen LogP contribution in [-0.2, 0) is 0 Å². The number of aliphatic hydroxyl groups excluding tert-OH is 1. The first-order chi connectivity index (χ1) is 7.87. The van der Waals surface area contributed by atoms with Crippen molar-refractivity contribution in [2.24, 2.45) is 0 Å². The lowest BCUT2D eigenvalue weighted by molar-refractivity contribution is 0.183. The first-order valence-corrected chi connectivity index (χ1v) is 7.46. The normalized spacial score (nSPS) is 13.7. The van der Waals surface area contributed by atoms with Crippen molar-refractivity contribution in [1.29, 1.82) is 0 Å². The zero-order chi connectivity index (χ0) is 12.9. The molecule has 0 bridgehead atoms. The van der Waals surface area contributed by atoms with E-state index in [0.29, 0.717) is 12.3 Å². The molecule has 1 rings (SSSR count). The van der Waals surface area contributed by atoms with Gasteiger partial charge in [0.1, 0.15) is 0 Å². The van der Waals surface area contributed by atoms with E-state index in [1.165, 1.54) is 4.90 Å². The first kappa shape index (κ1) is 15.0. The maximum Gasteiger partial charge on any atom is 0.0758 e. The molecule has 1 atom stereocenters. The summed E-state index contributed by atoms with van der Waals surface area (Å²) in [6.45, 7) is 6.93. The molecule has 0 radical (unpaired) electrons. The molecule has 0 heterocycles. The summed E-state index contributed by atoms with van der Waals surface area (Å²) in [5.74, 6) is 0.713. The van der Waals surface area contributed by atoms with Crippen LogP contribution in [0.15, 0.2) is 33.6 Å². The third-order valence-electron chi connectivity index (χ3n) is 2.12. The van der Waals surface area contributed by atoms with Crippen molar-refractivity contribution in [3.05, 3.63) is 28.7 Å². The number of hydrogen-bond donors (Lipinski definition) is 2. The average molecular weight is 318 g/mol. The van der Waals surface area contributed by atoms with Gasteiger partial charge in [0.25, 0.3) is 0 Å². The highest BCUT2D eigenvalue weighted by atomic mass is 79.9. The molecule has 0 spiro atoms. The molecule has 0 aliphatic rings. The zero-order valence-corrected chi connectivity index (χ0v) is 12.9. The summed E-state index contributed by atoms with van der Waals surface area (Å²) in [7, 11) is 0. The van der Waals surface area contributed by atoms with E-state index in [-0.39, 0.29) is 11.6 Å². The van der Waals surface area contributed by atoms with Gasteiger partial charge in [0, 0.05) is 27.2 Å². The minimum atomic E-state index is -0.317. The van der Waals surface area contributed by atoms with Crippen molar-refractivity contribution < 1.29 is 5.11 Å². The van der Waals surface area contributed by atoms with Crippen LogP contribution in [0.3, 0.4) is 0 Å². The Labute approximate surface area is 116 Å². The standard InChI is InChI=1S/C13H20BrNOS/c1-13(2,3)15-8-11(16)9-17-12-6-4-10(14)5-7-12/h4-7,11,15-16H,8-9H2,1-3H3. The molecule has 17 heavy (non-hydrogen) atoms. The van der Waals surface area contributed by atoms with Gasteiger partial charge in [0.2, 0.25) is 0 Å². The van der Waals surface area contributed by atoms with Gasteiger partial charge < -0.3 is 10.4 Å². The molecule has 0 saturated heterocycles. The van der Waals surface area contributed by atoms with Crippen LogP contribution >= 0.6 is 27.7 Å². The van der Waals surface area contributed by atoms with Crippen LogP contribution in [0.2, 0.25) is 0 Å². The number of hydrogen-bond acceptors (Lipinski definition) is 3. The van der Waals surface area contributed by atoms with E-state index in [0.717, 1.165) is 4.47 Å². The van der Waals surface area contributed by atoms with E-state index < -0.39 is 0 Å². The topological polar surface area (TPSA) is 32.3 Å². The quantitative estimate of drug-likeness (QED) is 0.817. The second kappa shape index (κ2) is 6.78. The van der Waals surface area contributed by atoms with Gasteiger partial charge in [0.05, 0.1) is 6.10 Å². The summed E-state index contributed by atoms with van der Waals surface area (Å²) in [5, 5.41) is 13.1. The number of rotatable bonds is 5. The highest BCUT2D eigenvalue weighted by Gasteiger charge is 2.12. The van der Waals surface area contributed by atoms with E-state index in [1.807, 2.05) is 12.1 Å². The van der Waals surface area contributed by atoms with Crippen molar-refractivity contribution in [3.63, 3.8) is 0 Å². The van der Waals surface area contributed by atoms with Gasteiger partial charge in [-0.2, -0.15) is 0 Å². The summed E-state index contributed by atoms with van der Waals surface area (Å²) < 4.78 is 1.08. The largest absolute Gasteiger partial charge is 0.391 e. The SMILES string of the molecule is CC(C)(C)NCC(O)CSc1ccc(Br)cc1. The third-order valence-corrected chi connectivity index (χ3v) is 3.81. The molecule has 1 unspecified atom stereocenters. The maximum atomic E-state index is 9.84. The molecule has 96 valence electrons. The molecule has 0 amide bonds. The van der Waals surface area contributed by atoms with Crippen LogP contribution in [0.25, 0.3) is 0 Å². The molecule has 0 fully saturated rings. The molecule has 1 aromatic rings. The van der Waals surface area contributed by atoms with Crippen molar-refractivity contribution in [2.75, 3.05) is 12.3 Å². The number of aliphatic hydroxyl groups is 1. The van der Waals surface area contributed by atoms with E-state index in [9.17, 15) is 5.11 Å². The fraction of sp³-hybridized carbons (Fsp3) is 0.538. The monoisotopic (exact) mass is 317 g/mol. The van der Waals surface area contributed by atoms with Gasteiger partial charge in [-0.3, -0.25) is 0 Å². The Hall–Kier alpha value is -0.0300. The third kappa shape index (κ3) is 7.09. The minimum absolute atomic E-state index is 0.0588. The second-order valence-corrected chi connectivity index (χ2v) is 7.06. The number of thioether (sulfide) groups is 1. The van der Waals surface area contributed by atoms with Gasteiger partial charge in [-0.15, -0.1) is 11.8 Å². The fourth-order valence-corrected chi connectivity index (χ4v) is 2.30. The van der Waals surface area contributed by atoms with Gasteiger partial charge in [-0.1, -0.05) is 15.9 Å². The van der Waals surface area contributed by atoms with Crippen LogP contribution in [0.5, 0.6) is 0 Å². The Kier molecular flexibility index (Phi) is 6.00. The van der Waals surface area contributed by atoms with Gasteiger partial charge >= 0.3 is 0 Å². The number of benzene rings is 1. The lowest BCUT2D eigenvalue weighted by atomic mass is 10.1. The van der Waals surface area contributed by atoms with Crippen LogP contribution < -0.4 is 5.32 Å². The average Bonchev–Trinajstić information content (AvgIpc) is 2.25. The summed E-state index contributed by atoms with van der Waals surface area (Å²) in [6, 6.07) is 8.14. The molecule has 0 aromatic heterocycles. The van der Waals surface area contributed by atoms with Crippen LogP contribution in [0.1, 0.15) is 20.8 Å². The van der Waals surface area contributed by atoms with Crippen LogP contribution in [-0.4, -0.2) is 29.0 Å². The van der Waals surface area contributed by atoms with Gasteiger partial charge in [-0.25, -0.2) is 0 Å². The number of β-amino-alcohol motifs (C(OH)–C–C–N with tert-alkyl or cyclic N) is 1. The highest BCUT2D eigenvalue weighted by molar-refractivity contribution is 9.10. The zero-order valence-electron chi connectivity index (χ0n) is 10.5. The Bertz CT molecular complexity index is 334. The van der Waals surface area contributed by atoms with Gasteiger partial charge in [0.15, 0.2) is 0 Å². The van der Waals surface area contributed by atoms with Crippen LogP contribution in [0, 0.1) is 0 Å². The minimum Gasteiger partial charge on any atom is -0.391 e. The maximum absolute atomic E-state index is 9.84. The number of nitrogens with one attached hydrogen (secondary N) is 1. The number of halogens is 1. The first-order valence-electron chi connectivity index (χ1n) is 5.68. The molecule has 1 aromatic carbocycles. The van der Waals surface area contributed by atoms with E-state index in [2.05, 4.69) is 54.2 Å². The van der Waals surface area contributed by atoms with E-state index >= 15 is 0 Å². The van der Waals surface area contributed by atoms with E-state index in [4.69, 9.17) is 0 Å². The molecule has 2 N–H and O–H groups in total. The fourth-order valence-electron chi connectivity index (χ4n) is 1.21. The van der Waals surface area contributed by atoms with Gasteiger partial charge in [-0.05, 0) is 45.0 Å². The van der Waals surface area contributed by atoms with Crippen molar-refractivity contribution >= 4 is 27.7 Å². The smallest absolute Gasteiger partial charge is 0.0758 e. The Morgan fingerprint density at radius 3 is 2.41 bits per heavy atom.